The molecular formula is C15H20ClN5OS. The molecule has 23 heavy (non-hydrogen) atoms. The van der Waals surface area contributed by atoms with Crippen LogP contribution in [0.1, 0.15) is 38.1 Å². The fourth-order valence-electron chi connectivity index (χ4n) is 1.94. The molecular weight excluding hydrogens is 334 g/mol. The summed E-state index contributed by atoms with van der Waals surface area (Å²) in [5.41, 5.74) is 1.65. The highest BCUT2D eigenvalue weighted by Crippen LogP contribution is 2.25. The molecule has 1 atom stereocenters. The number of anilines is 1. The van der Waals surface area contributed by atoms with E-state index in [-0.39, 0.29) is 17.1 Å². The van der Waals surface area contributed by atoms with Crippen molar-refractivity contribution in [1.82, 2.24) is 14.9 Å². The number of aryl methyl sites for hydroxylation is 1. The van der Waals surface area contributed by atoms with Gasteiger partial charge < -0.3 is 11.2 Å². The van der Waals surface area contributed by atoms with E-state index in [9.17, 15) is 4.79 Å². The molecule has 0 saturated heterocycles. The minimum Gasteiger partial charge on any atom is -0.336 e. The van der Waals surface area contributed by atoms with Crippen LogP contribution in [0.5, 0.6) is 0 Å². The second-order valence-electron chi connectivity index (χ2n) is 5.57. The predicted octanol–water partition coefficient (Wildman–Crippen LogP) is 3.20. The van der Waals surface area contributed by atoms with Crippen LogP contribution in [0, 0.1) is 6.92 Å². The van der Waals surface area contributed by atoms with E-state index in [0.717, 1.165) is 5.56 Å². The maximum absolute atomic E-state index is 12.4. The Bertz CT molecular complexity index is 716. The summed E-state index contributed by atoms with van der Waals surface area (Å²) in [7, 11) is 0. The molecule has 8 heteroatoms. The van der Waals surface area contributed by atoms with Gasteiger partial charge in [-0.05, 0) is 31.5 Å². The van der Waals surface area contributed by atoms with E-state index >= 15 is 0 Å². The van der Waals surface area contributed by atoms with Gasteiger partial charge in [-0.25, -0.2) is 4.68 Å². The largest absolute Gasteiger partial charge is 0.336 e. The van der Waals surface area contributed by atoms with Gasteiger partial charge in [0.1, 0.15) is 0 Å². The number of nitrogens with one attached hydrogen (secondary N) is 1. The molecule has 1 aromatic heterocycles. The van der Waals surface area contributed by atoms with Gasteiger partial charge in [-0.15, -0.1) is 10.2 Å². The molecule has 1 heterocycles. The fraction of sp³-hybridized carbons (Fsp3) is 0.400. The number of benzene rings is 1. The number of hydrogen-bond acceptors (Lipinski definition) is 5. The minimum atomic E-state index is -0.375. The molecule has 1 amide bonds. The number of nitrogens with zero attached hydrogens (tertiary/aromatic N) is 3. The molecule has 0 fully saturated rings. The van der Waals surface area contributed by atoms with Crippen LogP contribution in [0.4, 0.5) is 5.69 Å². The third-order valence-corrected chi connectivity index (χ3v) is 4.61. The average molecular weight is 354 g/mol. The lowest BCUT2D eigenvalue weighted by Gasteiger charge is -2.13. The lowest BCUT2D eigenvalue weighted by Crippen LogP contribution is -2.24. The van der Waals surface area contributed by atoms with E-state index in [1.807, 2.05) is 26.8 Å². The number of hydrogen-bond donors (Lipinski definition) is 2. The zero-order valence-corrected chi connectivity index (χ0v) is 15.1. The molecule has 6 nitrogen and oxygen atoms in total. The van der Waals surface area contributed by atoms with Gasteiger partial charge in [-0.2, -0.15) is 0 Å². The maximum atomic E-state index is 12.4. The molecule has 0 spiro atoms. The number of aromatic nitrogens is 3. The SMILES string of the molecule is Cc1ccc(Cl)cc1NC(=O)[C@@H](C)Sc1nnc(C(C)C)n1N. The van der Waals surface area contributed by atoms with Crippen molar-refractivity contribution in [3.05, 3.63) is 34.6 Å². The first-order valence-electron chi connectivity index (χ1n) is 7.23. The van der Waals surface area contributed by atoms with Gasteiger partial charge in [0, 0.05) is 16.6 Å². The van der Waals surface area contributed by atoms with Crippen molar-refractivity contribution in [2.75, 3.05) is 11.2 Å². The fourth-order valence-corrected chi connectivity index (χ4v) is 2.89. The van der Waals surface area contributed by atoms with Crippen molar-refractivity contribution in [3.63, 3.8) is 0 Å². The quantitative estimate of drug-likeness (QED) is 0.636. The molecule has 2 rings (SSSR count). The third kappa shape index (κ3) is 4.17. The molecule has 3 N–H and O–H groups in total. The zero-order valence-electron chi connectivity index (χ0n) is 13.5. The average Bonchev–Trinajstić information content (AvgIpc) is 2.84. The maximum Gasteiger partial charge on any atom is 0.237 e. The second kappa shape index (κ2) is 7.23. The third-order valence-electron chi connectivity index (χ3n) is 3.32. The monoisotopic (exact) mass is 353 g/mol. The van der Waals surface area contributed by atoms with Gasteiger partial charge >= 0.3 is 0 Å². The first-order chi connectivity index (χ1) is 10.8. The van der Waals surface area contributed by atoms with Crippen LogP contribution in [0.15, 0.2) is 23.4 Å². The Morgan fingerprint density at radius 3 is 2.65 bits per heavy atom. The van der Waals surface area contributed by atoms with Crippen LogP contribution in [0.3, 0.4) is 0 Å². The first kappa shape index (κ1) is 17.6. The number of rotatable bonds is 5. The highest BCUT2D eigenvalue weighted by Gasteiger charge is 2.20. The molecule has 0 aliphatic heterocycles. The van der Waals surface area contributed by atoms with Gasteiger partial charge in [0.25, 0.3) is 0 Å². The van der Waals surface area contributed by atoms with Crippen molar-refractivity contribution >= 4 is 35.0 Å². The van der Waals surface area contributed by atoms with E-state index in [0.29, 0.717) is 21.7 Å². The first-order valence-corrected chi connectivity index (χ1v) is 8.49. The van der Waals surface area contributed by atoms with Crippen molar-refractivity contribution in [1.29, 1.82) is 0 Å². The van der Waals surface area contributed by atoms with Gasteiger partial charge in [-0.1, -0.05) is 43.3 Å². The number of amides is 1. The Balaban J connectivity index is 2.07. The highest BCUT2D eigenvalue weighted by molar-refractivity contribution is 8.00. The summed E-state index contributed by atoms with van der Waals surface area (Å²) < 4.78 is 1.43. The molecule has 0 aliphatic rings. The second-order valence-corrected chi connectivity index (χ2v) is 7.32. The van der Waals surface area contributed by atoms with E-state index in [1.54, 1.807) is 19.1 Å². The molecule has 0 radical (unpaired) electrons. The van der Waals surface area contributed by atoms with Crippen LogP contribution in [0.25, 0.3) is 0 Å². The van der Waals surface area contributed by atoms with Gasteiger partial charge in [0.15, 0.2) is 5.82 Å². The molecule has 124 valence electrons. The van der Waals surface area contributed by atoms with Gasteiger partial charge in [0.05, 0.1) is 5.25 Å². The van der Waals surface area contributed by atoms with Crippen LogP contribution >= 0.6 is 23.4 Å². The predicted molar refractivity (Wildman–Crippen MR) is 94.4 cm³/mol. The van der Waals surface area contributed by atoms with Crippen molar-refractivity contribution < 1.29 is 4.79 Å². The standard InChI is InChI=1S/C15H20ClN5OS/c1-8(2)13-19-20-15(21(13)17)23-10(4)14(22)18-12-7-11(16)6-5-9(12)3/h5-8,10H,17H2,1-4H3,(H,18,22)/t10-/m1/s1. The number of halogens is 1. The lowest BCUT2D eigenvalue weighted by atomic mass is 10.2. The van der Waals surface area contributed by atoms with Crippen molar-refractivity contribution in [2.45, 2.75) is 44.0 Å². The van der Waals surface area contributed by atoms with Crippen molar-refractivity contribution in [2.24, 2.45) is 0 Å². The number of carbonyl (C=O) groups is 1. The number of thioether (sulfide) groups is 1. The summed E-state index contributed by atoms with van der Waals surface area (Å²) in [5.74, 6) is 6.68. The highest BCUT2D eigenvalue weighted by atomic mass is 35.5. The Morgan fingerprint density at radius 1 is 1.35 bits per heavy atom. The Labute approximate surface area is 144 Å². The summed E-state index contributed by atoms with van der Waals surface area (Å²) >= 11 is 7.23. The number of nitrogens with two attached hydrogens (primary N) is 1. The Kier molecular flexibility index (Phi) is 5.54. The normalized spacial score (nSPS) is 12.4. The summed E-state index contributed by atoms with van der Waals surface area (Å²) in [6.45, 7) is 7.68. The smallest absolute Gasteiger partial charge is 0.237 e. The molecule has 0 aliphatic carbocycles. The van der Waals surface area contributed by atoms with E-state index in [1.165, 1.54) is 16.4 Å². The topological polar surface area (TPSA) is 85.8 Å². The van der Waals surface area contributed by atoms with Crippen LogP contribution < -0.4 is 11.2 Å². The van der Waals surface area contributed by atoms with E-state index < -0.39 is 0 Å². The number of carbonyl (C=O) groups excluding carboxylic acids is 1. The Morgan fingerprint density at radius 2 is 2.04 bits per heavy atom. The van der Waals surface area contributed by atoms with E-state index in [4.69, 9.17) is 17.4 Å². The number of nitrogen functional groups attached to an aromatic ring is 1. The van der Waals surface area contributed by atoms with E-state index in [2.05, 4.69) is 15.5 Å². The van der Waals surface area contributed by atoms with Crippen LogP contribution in [-0.2, 0) is 4.79 Å². The summed E-state index contributed by atoms with van der Waals surface area (Å²) in [4.78, 5) is 12.4. The minimum absolute atomic E-state index is 0.144. The molecule has 2 aromatic rings. The van der Waals surface area contributed by atoms with Crippen LogP contribution in [-0.4, -0.2) is 26.0 Å². The van der Waals surface area contributed by atoms with Crippen LogP contribution in [0.2, 0.25) is 5.02 Å². The summed E-state index contributed by atoms with van der Waals surface area (Å²) in [6, 6.07) is 5.38. The zero-order chi connectivity index (χ0) is 17.1. The van der Waals surface area contributed by atoms with Gasteiger partial charge in [-0.3, -0.25) is 4.79 Å². The summed E-state index contributed by atoms with van der Waals surface area (Å²) in [5, 5.41) is 11.7. The Hall–Kier alpha value is -1.73. The molecule has 0 bridgehead atoms. The molecule has 0 unspecified atom stereocenters. The molecule has 0 saturated carbocycles. The lowest BCUT2D eigenvalue weighted by molar-refractivity contribution is -0.115. The summed E-state index contributed by atoms with van der Waals surface area (Å²) in [6.07, 6.45) is 0. The van der Waals surface area contributed by atoms with Gasteiger partial charge in [0.2, 0.25) is 11.1 Å². The van der Waals surface area contributed by atoms with Crippen molar-refractivity contribution in [3.8, 4) is 0 Å². The molecule has 1 aromatic carbocycles.